The lowest BCUT2D eigenvalue weighted by Gasteiger charge is -2.14. The molecule has 2 aromatic carbocycles. The van der Waals surface area contributed by atoms with E-state index in [1.807, 2.05) is 0 Å². The SMILES string of the molecule is Nc1cccc(OCC(O)COc2ccc(Cl)cc2Br)c1. The molecule has 1 unspecified atom stereocenters. The minimum atomic E-state index is -0.756. The zero-order chi connectivity index (χ0) is 15.2. The van der Waals surface area contributed by atoms with Gasteiger partial charge in [0.05, 0.1) is 4.47 Å². The highest BCUT2D eigenvalue weighted by molar-refractivity contribution is 9.10. The summed E-state index contributed by atoms with van der Waals surface area (Å²) in [7, 11) is 0. The highest BCUT2D eigenvalue weighted by Crippen LogP contribution is 2.28. The Morgan fingerprint density at radius 2 is 1.90 bits per heavy atom. The van der Waals surface area contributed by atoms with Gasteiger partial charge in [0.15, 0.2) is 0 Å². The number of aliphatic hydroxyl groups is 1. The summed E-state index contributed by atoms with van der Waals surface area (Å²) >= 11 is 9.19. The highest BCUT2D eigenvalue weighted by atomic mass is 79.9. The zero-order valence-corrected chi connectivity index (χ0v) is 13.5. The van der Waals surface area contributed by atoms with Gasteiger partial charge in [0, 0.05) is 16.8 Å². The van der Waals surface area contributed by atoms with Gasteiger partial charge < -0.3 is 20.3 Å². The monoisotopic (exact) mass is 371 g/mol. The van der Waals surface area contributed by atoms with Crippen LogP contribution >= 0.6 is 27.5 Å². The fourth-order valence-electron chi connectivity index (χ4n) is 1.62. The molecular formula is C15H15BrClNO3. The van der Waals surface area contributed by atoms with E-state index in [2.05, 4.69) is 15.9 Å². The molecule has 1 atom stereocenters. The maximum absolute atomic E-state index is 9.86. The predicted octanol–water partition coefficient (Wildman–Crippen LogP) is 3.50. The Kier molecular flexibility index (Phi) is 5.73. The molecule has 0 spiro atoms. The molecule has 2 rings (SSSR count). The summed E-state index contributed by atoms with van der Waals surface area (Å²) in [5, 5.41) is 10.5. The fourth-order valence-corrected chi connectivity index (χ4v) is 2.42. The van der Waals surface area contributed by atoms with Gasteiger partial charge in [-0.25, -0.2) is 0 Å². The lowest BCUT2D eigenvalue weighted by molar-refractivity contribution is 0.0624. The van der Waals surface area contributed by atoms with Crippen molar-refractivity contribution in [3.8, 4) is 11.5 Å². The summed E-state index contributed by atoms with van der Waals surface area (Å²) < 4.78 is 11.7. The van der Waals surface area contributed by atoms with E-state index in [-0.39, 0.29) is 13.2 Å². The number of benzene rings is 2. The third-order valence-corrected chi connectivity index (χ3v) is 3.48. The summed E-state index contributed by atoms with van der Waals surface area (Å²) in [4.78, 5) is 0. The van der Waals surface area contributed by atoms with Crippen LogP contribution in [0.4, 0.5) is 5.69 Å². The second kappa shape index (κ2) is 7.54. The van der Waals surface area contributed by atoms with Gasteiger partial charge in [-0.1, -0.05) is 17.7 Å². The molecule has 21 heavy (non-hydrogen) atoms. The van der Waals surface area contributed by atoms with Crippen molar-refractivity contribution in [2.24, 2.45) is 0 Å². The second-order valence-corrected chi connectivity index (χ2v) is 5.71. The second-order valence-electron chi connectivity index (χ2n) is 4.42. The Bertz CT molecular complexity index is 609. The predicted molar refractivity (Wildman–Crippen MR) is 87.0 cm³/mol. The lowest BCUT2D eigenvalue weighted by atomic mass is 10.3. The molecular weight excluding hydrogens is 358 g/mol. The minimum Gasteiger partial charge on any atom is -0.491 e. The number of hydrogen-bond donors (Lipinski definition) is 2. The van der Waals surface area contributed by atoms with Crippen LogP contribution in [0.2, 0.25) is 5.02 Å². The van der Waals surface area contributed by atoms with E-state index in [9.17, 15) is 5.11 Å². The van der Waals surface area contributed by atoms with E-state index >= 15 is 0 Å². The van der Waals surface area contributed by atoms with E-state index in [4.69, 9.17) is 26.8 Å². The topological polar surface area (TPSA) is 64.7 Å². The summed E-state index contributed by atoms with van der Waals surface area (Å²) in [6.07, 6.45) is -0.756. The normalized spacial score (nSPS) is 12.0. The molecule has 2 aromatic rings. The van der Waals surface area contributed by atoms with Crippen LogP contribution in [0.15, 0.2) is 46.9 Å². The smallest absolute Gasteiger partial charge is 0.133 e. The molecule has 0 saturated carbocycles. The van der Waals surface area contributed by atoms with Crippen molar-refractivity contribution in [3.63, 3.8) is 0 Å². The van der Waals surface area contributed by atoms with E-state index in [0.29, 0.717) is 22.2 Å². The molecule has 0 aromatic heterocycles. The first kappa shape index (κ1) is 15.9. The molecule has 0 heterocycles. The summed E-state index contributed by atoms with van der Waals surface area (Å²) in [6.45, 7) is 0.233. The van der Waals surface area contributed by atoms with Crippen LogP contribution in [0.25, 0.3) is 0 Å². The van der Waals surface area contributed by atoms with Crippen molar-refractivity contribution >= 4 is 33.2 Å². The zero-order valence-electron chi connectivity index (χ0n) is 11.1. The average molecular weight is 373 g/mol. The Hall–Kier alpha value is -1.43. The van der Waals surface area contributed by atoms with Crippen molar-refractivity contribution in [2.45, 2.75) is 6.10 Å². The molecule has 0 amide bonds. The van der Waals surface area contributed by atoms with Crippen LogP contribution in [-0.4, -0.2) is 24.4 Å². The first-order chi connectivity index (χ1) is 10.0. The first-order valence-corrected chi connectivity index (χ1v) is 7.46. The number of hydrogen-bond acceptors (Lipinski definition) is 4. The van der Waals surface area contributed by atoms with Crippen molar-refractivity contribution < 1.29 is 14.6 Å². The number of nitrogens with two attached hydrogens (primary N) is 1. The number of ether oxygens (including phenoxy) is 2. The lowest BCUT2D eigenvalue weighted by Crippen LogP contribution is -2.25. The van der Waals surface area contributed by atoms with E-state index < -0.39 is 6.10 Å². The number of rotatable bonds is 6. The van der Waals surface area contributed by atoms with Crippen molar-refractivity contribution in [2.75, 3.05) is 18.9 Å². The average Bonchev–Trinajstić information content (AvgIpc) is 2.44. The van der Waals surface area contributed by atoms with Crippen LogP contribution in [0.1, 0.15) is 0 Å². The summed E-state index contributed by atoms with van der Waals surface area (Å²) in [5.41, 5.74) is 6.26. The largest absolute Gasteiger partial charge is 0.491 e. The van der Waals surface area contributed by atoms with Gasteiger partial charge in [-0.15, -0.1) is 0 Å². The maximum atomic E-state index is 9.86. The van der Waals surface area contributed by atoms with Gasteiger partial charge in [0.2, 0.25) is 0 Å². The van der Waals surface area contributed by atoms with Crippen molar-refractivity contribution in [3.05, 3.63) is 52.0 Å². The number of nitrogen functional groups attached to an aromatic ring is 1. The molecule has 0 saturated heterocycles. The molecule has 4 nitrogen and oxygen atoms in total. The minimum absolute atomic E-state index is 0.114. The van der Waals surface area contributed by atoms with Gasteiger partial charge >= 0.3 is 0 Å². The fraction of sp³-hybridized carbons (Fsp3) is 0.200. The van der Waals surface area contributed by atoms with Gasteiger partial charge in [-0.2, -0.15) is 0 Å². The standard InChI is InChI=1S/C15H15BrClNO3/c16-14-6-10(17)4-5-15(14)21-9-12(19)8-20-13-3-1-2-11(18)7-13/h1-7,12,19H,8-9,18H2. The molecule has 0 radical (unpaired) electrons. The molecule has 112 valence electrons. The molecule has 0 aliphatic carbocycles. The Balaban J connectivity index is 1.80. The van der Waals surface area contributed by atoms with E-state index in [1.54, 1.807) is 42.5 Å². The number of aliphatic hydroxyl groups excluding tert-OH is 1. The molecule has 6 heteroatoms. The highest BCUT2D eigenvalue weighted by Gasteiger charge is 2.09. The summed E-state index contributed by atoms with van der Waals surface area (Å²) in [5.74, 6) is 1.23. The number of anilines is 1. The Morgan fingerprint density at radius 1 is 1.14 bits per heavy atom. The van der Waals surface area contributed by atoms with Gasteiger partial charge in [-0.3, -0.25) is 0 Å². The molecule has 3 N–H and O–H groups in total. The van der Waals surface area contributed by atoms with Crippen molar-refractivity contribution in [1.82, 2.24) is 0 Å². The van der Waals surface area contributed by atoms with E-state index in [0.717, 1.165) is 4.47 Å². The Labute approximate surface area is 136 Å². The molecule has 0 aliphatic rings. The first-order valence-electron chi connectivity index (χ1n) is 6.29. The van der Waals surface area contributed by atoms with Gasteiger partial charge in [0.25, 0.3) is 0 Å². The van der Waals surface area contributed by atoms with Crippen molar-refractivity contribution in [1.29, 1.82) is 0 Å². The van der Waals surface area contributed by atoms with E-state index in [1.165, 1.54) is 0 Å². The van der Waals surface area contributed by atoms with Crippen LogP contribution < -0.4 is 15.2 Å². The van der Waals surface area contributed by atoms with Gasteiger partial charge in [-0.05, 0) is 46.3 Å². The molecule has 0 aliphatic heterocycles. The molecule has 0 bridgehead atoms. The third-order valence-electron chi connectivity index (χ3n) is 2.63. The van der Waals surface area contributed by atoms with Crippen LogP contribution in [0, 0.1) is 0 Å². The third kappa shape index (κ3) is 5.12. The maximum Gasteiger partial charge on any atom is 0.133 e. The Morgan fingerprint density at radius 3 is 2.62 bits per heavy atom. The number of halogens is 2. The van der Waals surface area contributed by atoms with Gasteiger partial charge in [0.1, 0.15) is 30.8 Å². The quantitative estimate of drug-likeness (QED) is 0.762. The molecule has 0 fully saturated rings. The van der Waals surface area contributed by atoms with Crippen LogP contribution in [-0.2, 0) is 0 Å². The van der Waals surface area contributed by atoms with Crippen LogP contribution in [0.3, 0.4) is 0 Å². The van der Waals surface area contributed by atoms with Crippen LogP contribution in [0.5, 0.6) is 11.5 Å². The summed E-state index contributed by atoms with van der Waals surface area (Å²) in [6, 6.07) is 12.2.